The van der Waals surface area contributed by atoms with E-state index < -0.39 is 5.97 Å². The predicted octanol–water partition coefficient (Wildman–Crippen LogP) is 1.62. The second-order valence-electron chi connectivity index (χ2n) is 3.95. The largest absolute Gasteiger partial charge is 0.496 e. The van der Waals surface area contributed by atoms with Crippen LogP contribution in [0.5, 0.6) is 17.2 Å². The van der Waals surface area contributed by atoms with Crippen molar-refractivity contribution in [3.8, 4) is 17.2 Å². The van der Waals surface area contributed by atoms with Gasteiger partial charge >= 0.3 is 5.97 Å². The monoisotopic (exact) mass is 269 g/mol. The number of hydrogen-bond acceptors (Lipinski definition) is 5. The number of ether oxygens (including phenoxy) is 3. The summed E-state index contributed by atoms with van der Waals surface area (Å²) in [7, 11) is 6.43. The molecule has 6 nitrogen and oxygen atoms in total. The van der Waals surface area contributed by atoms with Gasteiger partial charge in [0.25, 0.3) is 0 Å². The molecule has 1 aromatic carbocycles. The predicted molar refractivity (Wildman–Crippen MR) is 71.6 cm³/mol. The van der Waals surface area contributed by atoms with Gasteiger partial charge in [-0.3, -0.25) is 4.79 Å². The van der Waals surface area contributed by atoms with Gasteiger partial charge in [0, 0.05) is 25.7 Å². The standard InChI is InChI=1S/C13H19NO5/c1-14(6-5-12(15)16)13-10(18-3)7-9(17-2)8-11(13)19-4/h7-8H,5-6H2,1-4H3,(H,15,16). The molecule has 0 aliphatic heterocycles. The number of aliphatic carboxylic acids is 1. The molecule has 0 saturated heterocycles. The van der Waals surface area contributed by atoms with Gasteiger partial charge in [0.2, 0.25) is 0 Å². The van der Waals surface area contributed by atoms with Gasteiger partial charge < -0.3 is 24.2 Å². The third-order valence-electron chi connectivity index (χ3n) is 2.73. The van der Waals surface area contributed by atoms with Crippen LogP contribution in [-0.4, -0.2) is 46.0 Å². The first-order valence-corrected chi connectivity index (χ1v) is 5.76. The summed E-state index contributed by atoms with van der Waals surface area (Å²) in [6.07, 6.45) is 0.0365. The van der Waals surface area contributed by atoms with Crippen molar-refractivity contribution in [3.63, 3.8) is 0 Å². The van der Waals surface area contributed by atoms with E-state index in [2.05, 4.69) is 0 Å². The zero-order chi connectivity index (χ0) is 14.4. The SMILES string of the molecule is COc1cc(OC)c(N(C)CCC(=O)O)c(OC)c1. The minimum absolute atomic E-state index is 0.0365. The molecule has 0 bridgehead atoms. The highest BCUT2D eigenvalue weighted by atomic mass is 16.5. The summed E-state index contributed by atoms with van der Waals surface area (Å²) in [5.74, 6) is 0.913. The quantitative estimate of drug-likeness (QED) is 0.811. The van der Waals surface area contributed by atoms with Gasteiger partial charge in [0.1, 0.15) is 22.9 Å². The molecule has 0 saturated carbocycles. The van der Waals surface area contributed by atoms with Gasteiger partial charge in [-0.2, -0.15) is 0 Å². The van der Waals surface area contributed by atoms with E-state index in [1.54, 1.807) is 45.4 Å². The maximum atomic E-state index is 10.6. The second kappa shape index (κ2) is 6.72. The lowest BCUT2D eigenvalue weighted by atomic mass is 10.2. The lowest BCUT2D eigenvalue weighted by Crippen LogP contribution is -2.22. The number of hydrogen-bond donors (Lipinski definition) is 1. The molecule has 106 valence electrons. The molecule has 0 aliphatic carbocycles. The number of carboxylic acid groups (broad SMARTS) is 1. The van der Waals surface area contributed by atoms with E-state index in [0.717, 1.165) is 0 Å². The average molecular weight is 269 g/mol. The summed E-state index contributed by atoms with van der Waals surface area (Å²) in [6, 6.07) is 3.46. The number of benzene rings is 1. The normalized spacial score (nSPS) is 9.89. The number of anilines is 1. The Kier molecular flexibility index (Phi) is 5.29. The van der Waals surface area contributed by atoms with E-state index in [1.165, 1.54) is 0 Å². The first kappa shape index (κ1) is 14.9. The van der Waals surface area contributed by atoms with Crippen LogP contribution in [0.2, 0.25) is 0 Å². The van der Waals surface area contributed by atoms with Crippen LogP contribution in [0.4, 0.5) is 5.69 Å². The van der Waals surface area contributed by atoms with Crippen LogP contribution in [0.25, 0.3) is 0 Å². The van der Waals surface area contributed by atoms with Gasteiger partial charge in [-0.05, 0) is 0 Å². The Labute approximate surface area is 112 Å². The number of rotatable bonds is 7. The minimum atomic E-state index is -0.849. The molecule has 0 fully saturated rings. The van der Waals surface area contributed by atoms with Crippen molar-refractivity contribution in [1.29, 1.82) is 0 Å². The van der Waals surface area contributed by atoms with Gasteiger partial charge in [-0.25, -0.2) is 0 Å². The first-order valence-electron chi connectivity index (χ1n) is 5.76. The van der Waals surface area contributed by atoms with E-state index in [1.807, 2.05) is 0 Å². The van der Waals surface area contributed by atoms with Crippen LogP contribution in [0.15, 0.2) is 12.1 Å². The highest BCUT2D eigenvalue weighted by Gasteiger charge is 2.17. The molecule has 0 spiro atoms. The van der Waals surface area contributed by atoms with Crippen molar-refractivity contribution >= 4 is 11.7 Å². The topological polar surface area (TPSA) is 68.2 Å². The Morgan fingerprint density at radius 1 is 1.16 bits per heavy atom. The van der Waals surface area contributed by atoms with Crippen LogP contribution < -0.4 is 19.1 Å². The Morgan fingerprint density at radius 3 is 2.05 bits per heavy atom. The highest BCUT2D eigenvalue weighted by molar-refractivity contribution is 5.72. The summed E-state index contributed by atoms with van der Waals surface area (Å²) in [5, 5.41) is 8.74. The lowest BCUT2D eigenvalue weighted by Gasteiger charge is -2.24. The van der Waals surface area contributed by atoms with Crippen LogP contribution in [-0.2, 0) is 4.79 Å². The fourth-order valence-electron chi connectivity index (χ4n) is 1.74. The third kappa shape index (κ3) is 3.67. The molecule has 0 atom stereocenters. The summed E-state index contributed by atoms with van der Waals surface area (Å²) >= 11 is 0. The van der Waals surface area contributed by atoms with Gasteiger partial charge in [0.15, 0.2) is 0 Å². The molecule has 1 rings (SSSR count). The van der Waals surface area contributed by atoms with E-state index in [9.17, 15) is 4.79 Å². The average Bonchev–Trinajstić information content (AvgIpc) is 2.42. The number of nitrogens with zero attached hydrogens (tertiary/aromatic N) is 1. The smallest absolute Gasteiger partial charge is 0.305 e. The molecule has 0 aliphatic rings. The zero-order valence-electron chi connectivity index (χ0n) is 11.6. The van der Waals surface area contributed by atoms with Crippen molar-refractivity contribution in [1.82, 2.24) is 0 Å². The Balaban J connectivity index is 3.12. The Hall–Kier alpha value is -2.11. The minimum Gasteiger partial charge on any atom is -0.496 e. The van der Waals surface area contributed by atoms with Crippen molar-refractivity contribution in [2.45, 2.75) is 6.42 Å². The van der Waals surface area contributed by atoms with Gasteiger partial charge in [-0.15, -0.1) is 0 Å². The summed E-state index contributed by atoms with van der Waals surface area (Å²) in [4.78, 5) is 12.4. The van der Waals surface area contributed by atoms with Crippen molar-refractivity contribution in [2.24, 2.45) is 0 Å². The maximum absolute atomic E-state index is 10.6. The molecular formula is C13H19NO5. The van der Waals surface area contributed by atoms with Crippen molar-refractivity contribution in [3.05, 3.63) is 12.1 Å². The molecule has 1 aromatic rings. The van der Waals surface area contributed by atoms with Crippen LogP contribution in [0.3, 0.4) is 0 Å². The number of carboxylic acids is 1. The summed E-state index contributed by atoms with van der Waals surface area (Å²) in [6.45, 7) is 0.356. The van der Waals surface area contributed by atoms with E-state index >= 15 is 0 Å². The van der Waals surface area contributed by atoms with Crippen LogP contribution in [0, 0.1) is 0 Å². The molecule has 1 N–H and O–H groups in total. The van der Waals surface area contributed by atoms with Crippen molar-refractivity contribution < 1.29 is 24.1 Å². The van der Waals surface area contributed by atoms with Crippen LogP contribution >= 0.6 is 0 Å². The second-order valence-corrected chi connectivity index (χ2v) is 3.95. The number of carbonyl (C=O) groups is 1. The van der Waals surface area contributed by atoms with Gasteiger partial charge in [-0.1, -0.05) is 0 Å². The molecule has 6 heteroatoms. The lowest BCUT2D eigenvalue weighted by molar-refractivity contribution is -0.136. The Bertz CT molecular complexity index is 422. The van der Waals surface area contributed by atoms with E-state index in [4.69, 9.17) is 19.3 Å². The Morgan fingerprint density at radius 2 is 1.68 bits per heavy atom. The fourth-order valence-corrected chi connectivity index (χ4v) is 1.74. The summed E-state index contributed by atoms with van der Waals surface area (Å²) in [5.41, 5.74) is 0.701. The van der Waals surface area contributed by atoms with Crippen LogP contribution in [0.1, 0.15) is 6.42 Å². The zero-order valence-corrected chi connectivity index (χ0v) is 11.6. The third-order valence-corrected chi connectivity index (χ3v) is 2.73. The molecule has 0 heterocycles. The molecule has 0 amide bonds. The molecule has 19 heavy (non-hydrogen) atoms. The fraction of sp³-hybridized carbons (Fsp3) is 0.462. The number of methoxy groups -OCH3 is 3. The molecular weight excluding hydrogens is 250 g/mol. The highest BCUT2D eigenvalue weighted by Crippen LogP contribution is 2.41. The van der Waals surface area contributed by atoms with E-state index in [-0.39, 0.29) is 6.42 Å². The maximum Gasteiger partial charge on any atom is 0.305 e. The van der Waals surface area contributed by atoms with Gasteiger partial charge in [0.05, 0.1) is 27.8 Å². The van der Waals surface area contributed by atoms with Crippen molar-refractivity contribution in [2.75, 3.05) is 39.8 Å². The summed E-state index contributed by atoms with van der Waals surface area (Å²) < 4.78 is 15.8. The van der Waals surface area contributed by atoms with E-state index in [0.29, 0.717) is 29.5 Å². The molecule has 0 radical (unpaired) electrons. The molecule has 0 aromatic heterocycles. The first-order chi connectivity index (χ1) is 9.03. The molecule has 0 unspecified atom stereocenters.